The van der Waals surface area contributed by atoms with Crippen molar-refractivity contribution in [2.75, 3.05) is 0 Å². The molecule has 0 fully saturated rings. The zero-order chi connectivity index (χ0) is 28.8. The Hall–Kier alpha value is -5.02. The topological polar surface area (TPSA) is 0 Å². The van der Waals surface area contributed by atoms with Gasteiger partial charge in [0.1, 0.15) is 0 Å². The Bertz CT molecular complexity index is 2700. The molecule has 2 heteroatoms. The van der Waals surface area contributed by atoms with Gasteiger partial charge in [0, 0.05) is 40.3 Å². The summed E-state index contributed by atoms with van der Waals surface area (Å²) in [5.41, 5.74) is 5.14. The third-order valence-corrected chi connectivity index (χ3v) is 11.6. The summed E-state index contributed by atoms with van der Waals surface area (Å²) in [4.78, 5) is 0. The third-order valence-electron chi connectivity index (χ3n) is 9.24. The standard InChI is InChI=1S/C42H24S2/c1-2-11-26(12-3-1)38-29-14-6-8-16-31(29)39(32-17-9-7-15-30(32)38)27-19-21-35-34(24-27)41-36(43-35)22-23-37-40(41)33-20-18-25-10-4-5-13-28(25)42(33)44-37/h1-24H. The minimum absolute atomic E-state index is 1.25. The maximum absolute atomic E-state index is 2.47. The van der Waals surface area contributed by atoms with E-state index in [1.807, 2.05) is 22.7 Å². The van der Waals surface area contributed by atoms with Crippen LogP contribution in [-0.2, 0) is 0 Å². The molecular formula is C42H24S2. The summed E-state index contributed by atoms with van der Waals surface area (Å²) in [6.45, 7) is 0. The third kappa shape index (κ3) is 3.38. The van der Waals surface area contributed by atoms with Crippen molar-refractivity contribution in [2.24, 2.45) is 0 Å². The van der Waals surface area contributed by atoms with Gasteiger partial charge in [0.25, 0.3) is 0 Å². The molecule has 0 nitrogen and oxygen atoms in total. The highest BCUT2D eigenvalue weighted by Crippen LogP contribution is 2.48. The fourth-order valence-corrected chi connectivity index (χ4v) is 9.71. The highest BCUT2D eigenvalue weighted by molar-refractivity contribution is 7.28. The molecular weight excluding hydrogens is 569 g/mol. The van der Waals surface area contributed by atoms with Gasteiger partial charge in [0.15, 0.2) is 0 Å². The first-order valence-corrected chi connectivity index (χ1v) is 16.7. The molecule has 8 aromatic carbocycles. The fraction of sp³-hybridized carbons (Fsp3) is 0. The fourth-order valence-electron chi connectivity index (χ4n) is 7.37. The maximum atomic E-state index is 2.47. The van der Waals surface area contributed by atoms with E-state index in [1.165, 1.54) is 94.9 Å². The van der Waals surface area contributed by atoms with Gasteiger partial charge >= 0.3 is 0 Å². The lowest BCUT2D eigenvalue weighted by molar-refractivity contribution is 1.66. The molecule has 0 radical (unpaired) electrons. The molecule has 0 bridgehead atoms. The number of benzene rings is 8. The monoisotopic (exact) mass is 592 g/mol. The quantitative estimate of drug-likeness (QED) is 0.175. The Kier molecular flexibility index (Phi) is 5.13. The summed E-state index contributed by atoms with van der Waals surface area (Å²) in [6.07, 6.45) is 0. The van der Waals surface area contributed by atoms with Gasteiger partial charge in [0.2, 0.25) is 0 Å². The van der Waals surface area contributed by atoms with Gasteiger partial charge in [-0.2, -0.15) is 0 Å². The number of fused-ring (bicyclic) bond motifs is 11. The van der Waals surface area contributed by atoms with E-state index < -0.39 is 0 Å². The predicted molar refractivity (Wildman–Crippen MR) is 196 cm³/mol. The van der Waals surface area contributed by atoms with E-state index in [2.05, 4.69) is 146 Å². The molecule has 0 saturated carbocycles. The number of hydrogen-bond donors (Lipinski definition) is 0. The van der Waals surface area contributed by atoms with Crippen molar-refractivity contribution in [1.29, 1.82) is 0 Å². The van der Waals surface area contributed by atoms with E-state index in [-0.39, 0.29) is 0 Å². The molecule has 0 aliphatic rings. The molecule has 204 valence electrons. The van der Waals surface area contributed by atoms with Gasteiger partial charge in [-0.1, -0.05) is 121 Å². The van der Waals surface area contributed by atoms with Crippen LogP contribution in [-0.4, -0.2) is 0 Å². The molecule has 0 atom stereocenters. The van der Waals surface area contributed by atoms with E-state index in [0.717, 1.165) is 0 Å². The lowest BCUT2D eigenvalue weighted by Gasteiger charge is -2.17. The molecule has 0 amide bonds. The van der Waals surface area contributed by atoms with E-state index in [0.29, 0.717) is 0 Å². The minimum atomic E-state index is 1.25. The van der Waals surface area contributed by atoms with Gasteiger partial charge in [-0.25, -0.2) is 0 Å². The van der Waals surface area contributed by atoms with Crippen molar-refractivity contribution in [3.05, 3.63) is 146 Å². The van der Waals surface area contributed by atoms with Gasteiger partial charge in [-0.3, -0.25) is 0 Å². The van der Waals surface area contributed by atoms with Crippen LogP contribution in [0.1, 0.15) is 0 Å². The van der Waals surface area contributed by atoms with Crippen molar-refractivity contribution in [3.8, 4) is 22.3 Å². The second kappa shape index (κ2) is 9.24. The molecule has 10 rings (SSSR count). The smallest absolute Gasteiger partial charge is 0.0434 e. The number of rotatable bonds is 2. The van der Waals surface area contributed by atoms with E-state index >= 15 is 0 Å². The number of thiophene rings is 2. The minimum Gasteiger partial charge on any atom is -0.135 e. The van der Waals surface area contributed by atoms with Crippen LogP contribution >= 0.6 is 22.7 Å². The summed E-state index contributed by atoms with van der Waals surface area (Å²) in [5.74, 6) is 0. The molecule has 0 N–H and O–H groups in total. The summed E-state index contributed by atoms with van der Waals surface area (Å²) >= 11 is 3.83. The van der Waals surface area contributed by atoms with Crippen molar-refractivity contribution in [2.45, 2.75) is 0 Å². The average Bonchev–Trinajstić information content (AvgIpc) is 3.65. The molecule has 0 unspecified atom stereocenters. The first-order chi connectivity index (χ1) is 21.8. The van der Waals surface area contributed by atoms with E-state index in [9.17, 15) is 0 Å². The Labute approximate surface area is 262 Å². The van der Waals surface area contributed by atoms with Crippen LogP contribution < -0.4 is 0 Å². The maximum Gasteiger partial charge on any atom is 0.0434 e. The van der Waals surface area contributed by atoms with Crippen LogP contribution in [0.25, 0.3) is 94.9 Å². The van der Waals surface area contributed by atoms with Gasteiger partial charge < -0.3 is 0 Å². The first-order valence-electron chi connectivity index (χ1n) is 15.0. The Morgan fingerprint density at radius 3 is 1.57 bits per heavy atom. The zero-order valence-electron chi connectivity index (χ0n) is 23.7. The largest absolute Gasteiger partial charge is 0.135 e. The van der Waals surface area contributed by atoms with Crippen LogP contribution in [0.4, 0.5) is 0 Å². The molecule has 0 aliphatic heterocycles. The second-order valence-electron chi connectivity index (χ2n) is 11.6. The summed E-state index contributed by atoms with van der Waals surface area (Å²) < 4.78 is 5.43. The Balaban J connectivity index is 1.32. The van der Waals surface area contributed by atoms with Gasteiger partial charge in [-0.15, -0.1) is 22.7 Å². The Morgan fingerprint density at radius 1 is 0.318 bits per heavy atom. The zero-order valence-corrected chi connectivity index (χ0v) is 25.3. The predicted octanol–water partition coefficient (Wildman–Crippen LogP) is 13.2. The van der Waals surface area contributed by atoms with Crippen LogP contribution in [0.15, 0.2) is 146 Å². The summed E-state index contributed by atoms with van der Waals surface area (Å²) in [7, 11) is 0. The Morgan fingerprint density at radius 2 is 0.864 bits per heavy atom. The molecule has 2 heterocycles. The number of hydrogen-bond acceptors (Lipinski definition) is 2. The van der Waals surface area contributed by atoms with Crippen LogP contribution in [0, 0.1) is 0 Å². The van der Waals surface area contributed by atoms with E-state index in [1.54, 1.807) is 0 Å². The molecule has 0 saturated heterocycles. The molecule has 10 aromatic rings. The van der Waals surface area contributed by atoms with Crippen LogP contribution in [0.2, 0.25) is 0 Å². The van der Waals surface area contributed by atoms with Gasteiger partial charge in [0.05, 0.1) is 0 Å². The summed E-state index contributed by atoms with van der Waals surface area (Å²) in [5, 5.41) is 13.3. The average molecular weight is 593 g/mol. The second-order valence-corrected chi connectivity index (χ2v) is 13.7. The van der Waals surface area contributed by atoms with Crippen molar-refractivity contribution < 1.29 is 0 Å². The highest BCUT2D eigenvalue weighted by atomic mass is 32.1. The van der Waals surface area contributed by atoms with Gasteiger partial charge in [-0.05, 0) is 78.8 Å². The SMILES string of the molecule is c1ccc(-c2c3ccccc3c(-c3ccc4sc5ccc6sc7c8ccccc8ccc7c6c5c4c3)c3ccccc23)cc1. The van der Waals surface area contributed by atoms with Crippen LogP contribution in [0.5, 0.6) is 0 Å². The van der Waals surface area contributed by atoms with Crippen molar-refractivity contribution in [1.82, 2.24) is 0 Å². The summed E-state index contributed by atoms with van der Waals surface area (Å²) in [6, 6.07) is 53.9. The lowest BCUT2D eigenvalue weighted by atomic mass is 9.86. The lowest BCUT2D eigenvalue weighted by Crippen LogP contribution is -1.90. The first kappa shape index (κ1) is 24.4. The molecule has 0 spiro atoms. The van der Waals surface area contributed by atoms with Crippen molar-refractivity contribution in [3.63, 3.8) is 0 Å². The highest BCUT2D eigenvalue weighted by Gasteiger charge is 2.19. The molecule has 2 aromatic heterocycles. The van der Waals surface area contributed by atoms with E-state index in [4.69, 9.17) is 0 Å². The molecule has 44 heavy (non-hydrogen) atoms. The normalized spacial score (nSPS) is 12.1. The van der Waals surface area contributed by atoms with Crippen molar-refractivity contribution >= 4 is 95.3 Å². The molecule has 0 aliphatic carbocycles. The van der Waals surface area contributed by atoms with Crippen LogP contribution in [0.3, 0.4) is 0 Å².